The number of hydrogen-bond acceptors (Lipinski definition) is 5. The Balaban J connectivity index is 1.78. The van der Waals surface area contributed by atoms with Crippen molar-refractivity contribution in [3.8, 4) is 0 Å². The van der Waals surface area contributed by atoms with Crippen LogP contribution in [0.3, 0.4) is 0 Å². The predicted octanol–water partition coefficient (Wildman–Crippen LogP) is 1.63. The van der Waals surface area contributed by atoms with Gasteiger partial charge in [0.25, 0.3) is 0 Å². The highest BCUT2D eigenvalue weighted by atomic mass is 16.5. The molecule has 2 aliphatic rings. The molecule has 0 saturated carbocycles. The lowest BCUT2D eigenvalue weighted by Gasteiger charge is -2.36. The van der Waals surface area contributed by atoms with Crippen LogP contribution < -0.4 is 15.1 Å². The lowest BCUT2D eigenvalue weighted by molar-refractivity contribution is -0.122. The molecule has 152 valence electrons. The third kappa shape index (κ3) is 4.51. The second-order valence-corrected chi connectivity index (χ2v) is 7.15. The highest BCUT2D eigenvalue weighted by molar-refractivity contribution is 6.12. The molecule has 1 aromatic rings. The zero-order chi connectivity index (χ0) is 20.1. The summed E-state index contributed by atoms with van der Waals surface area (Å²) in [5.74, 6) is -1.48. The Morgan fingerprint density at radius 2 is 2.14 bits per heavy atom. The minimum atomic E-state index is -1.07. The molecule has 0 aromatic heterocycles. The number of nitrogens with zero attached hydrogens (tertiary/aromatic N) is 2. The Morgan fingerprint density at radius 3 is 2.82 bits per heavy atom. The van der Waals surface area contributed by atoms with Gasteiger partial charge in [0, 0.05) is 19.7 Å². The summed E-state index contributed by atoms with van der Waals surface area (Å²) in [6.45, 7) is 3.91. The zero-order valence-corrected chi connectivity index (χ0v) is 16.1. The van der Waals surface area contributed by atoms with E-state index in [0.29, 0.717) is 24.5 Å². The van der Waals surface area contributed by atoms with E-state index in [1.54, 1.807) is 11.0 Å². The summed E-state index contributed by atoms with van der Waals surface area (Å²) in [6, 6.07) is 4.56. The van der Waals surface area contributed by atoms with Gasteiger partial charge >= 0.3 is 5.97 Å². The Labute approximate surface area is 164 Å². The third-order valence-corrected chi connectivity index (χ3v) is 5.11. The fraction of sp³-hybridized carbons (Fsp3) is 0.550. The second-order valence-electron chi connectivity index (χ2n) is 7.15. The van der Waals surface area contributed by atoms with E-state index < -0.39 is 5.97 Å². The minimum Gasteiger partial charge on any atom is -0.478 e. The zero-order valence-electron chi connectivity index (χ0n) is 16.1. The average molecular weight is 389 g/mol. The minimum absolute atomic E-state index is 0.0683. The van der Waals surface area contributed by atoms with E-state index >= 15 is 0 Å². The number of carbonyl (C=O) groups is 3. The van der Waals surface area contributed by atoms with Crippen LogP contribution in [0.5, 0.6) is 0 Å². The third-order valence-electron chi connectivity index (χ3n) is 5.11. The van der Waals surface area contributed by atoms with Crippen LogP contribution in [-0.4, -0.2) is 61.8 Å². The quantitative estimate of drug-likeness (QED) is 0.701. The monoisotopic (exact) mass is 389 g/mol. The molecule has 1 unspecified atom stereocenters. The van der Waals surface area contributed by atoms with Gasteiger partial charge in [0.15, 0.2) is 0 Å². The molecule has 1 aromatic carbocycles. The predicted molar refractivity (Wildman–Crippen MR) is 105 cm³/mol. The van der Waals surface area contributed by atoms with Gasteiger partial charge in [-0.25, -0.2) is 4.79 Å². The average Bonchev–Trinajstić information content (AvgIpc) is 3.19. The van der Waals surface area contributed by atoms with E-state index in [-0.39, 0.29) is 36.6 Å². The van der Waals surface area contributed by atoms with Gasteiger partial charge in [-0.15, -0.1) is 0 Å². The molecule has 1 fully saturated rings. The Kier molecular flexibility index (Phi) is 6.64. The normalized spacial score (nSPS) is 19.0. The van der Waals surface area contributed by atoms with E-state index in [4.69, 9.17) is 4.74 Å². The lowest BCUT2D eigenvalue weighted by Crippen LogP contribution is -2.51. The first-order chi connectivity index (χ1) is 13.5. The molecular formula is C20H27N3O5. The van der Waals surface area contributed by atoms with E-state index in [1.165, 1.54) is 17.0 Å². The van der Waals surface area contributed by atoms with Crippen LogP contribution in [0, 0.1) is 0 Å². The van der Waals surface area contributed by atoms with E-state index in [1.807, 2.05) is 6.92 Å². The summed E-state index contributed by atoms with van der Waals surface area (Å²) in [6.07, 6.45) is 3.89. The number of hydrogen-bond donors (Lipinski definition) is 2. The summed E-state index contributed by atoms with van der Waals surface area (Å²) >= 11 is 0. The maximum Gasteiger partial charge on any atom is 0.335 e. The lowest BCUT2D eigenvalue weighted by atomic mass is 10.1. The molecule has 0 radical (unpaired) electrons. The summed E-state index contributed by atoms with van der Waals surface area (Å²) < 4.78 is 5.53. The van der Waals surface area contributed by atoms with Crippen LogP contribution in [0.1, 0.15) is 43.0 Å². The van der Waals surface area contributed by atoms with Gasteiger partial charge in [-0.2, -0.15) is 0 Å². The largest absolute Gasteiger partial charge is 0.478 e. The Bertz CT molecular complexity index is 745. The molecule has 1 saturated heterocycles. The molecule has 1 atom stereocenters. The standard InChI is InChI=1S/C20H27N3O5/c1-2-3-8-22-16-7-6-14(20(26)27)10-17(16)23(13-19(22)25)18(24)12-21-11-15-5-4-9-28-15/h6-7,10,15,21H,2-5,8-9,11-13H2,1H3,(H,26,27). The fourth-order valence-electron chi connectivity index (χ4n) is 3.57. The van der Waals surface area contributed by atoms with Crippen LogP contribution in [-0.2, 0) is 14.3 Å². The molecular weight excluding hydrogens is 362 g/mol. The molecule has 0 bridgehead atoms. The van der Waals surface area contributed by atoms with E-state index in [9.17, 15) is 19.5 Å². The fourth-order valence-corrected chi connectivity index (χ4v) is 3.57. The van der Waals surface area contributed by atoms with Gasteiger partial charge in [0.2, 0.25) is 11.8 Å². The van der Waals surface area contributed by atoms with E-state index in [0.717, 1.165) is 32.3 Å². The highest BCUT2D eigenvalue weighted by Crippen LogP contribution is 2.35. The summed E-state index contributed by atoms with van der Waals surface area (Å²) in [7, 11) is 0. The van der Waals surface area contributed by atoms with Gasteiger partial charge in [0.05, 0.1) is 29.6 Å². The number of carbonyl (C=O) groups excluding carboxylic acids is 2. The Hall–Kier alpha value is -2.45. The molecule has 8 nitrogen and oxygen atoms in total. The number of carboxylic acids is 1. The molecule has 2 amide bonds. The van der Waals surface area contributed by atoms with Crippen molar-refractivity contribution in [2.45, 2.75) is 38.7 Å². The summed E-state index contributed by atoms with van der Waals surface area (Å²) in [5.41, 5.74) is 1.15. The molecule has 0 spiro atoms. The second kappa shape index (κ2) is 9.16. The first-order valence-electron chi connectivity index (χ1n) is 9.81. The molecule has 0 aliphatic carbocycles. The van der Waals surface area contributed by atoms with Gasteiger partial charge in [-0.1, -0.05) is 13.3 Å². The number of anilines is 2. The van der Waals surface area contributed by atoms with Crippen LogP contribution in [0.15, 0.2) is 18.2 Å². The first-order valence-corrected chi connectivity index (χ1v) is 9.81. The van der Waals surface area contributed by atoms with Crippen LogP contribution >= 0.6 is 0 Å². The van der Waals surface area contributed by atoms with Crippen LogP contribution in [0.4, 0.5) is 11.4 Å². The van der Waals surface area contributed by atoms with Crippen molar-refractivity contribution in [3.63, 3.8) is 0 Å². The van der Waals surface area contributed by atoms with Gasteiger partial charge in [0.1, 0.15) is 6.54 Å². The van der Waals surface area contributed by atoms with Crippen molar-refractivity contribution in [1.82, 2.24) is 5.32 Å². The first kappa shape index (κ1) is 20.3. The van der Waals surface area contributed by atoms with Crippen molar-refractivity contribution < 1.29 is 24.2 Å². The van der Waals surface area contributed by atoms with Crippen molar-refractivity contribution >= 4 is 29.2 Å². The number of unbranched alkanes of at least 4 members (excludes halogenated alkanes) is 1. The maximum atomic E-state index is 12.8. The topological polar surface area (TPSA) is 99.2 Å². The summed E-state index contributed by atoms with van der Waals surface area (Å²) in [5, 5.41) is 12.4. The van der Waals surface area contributed by atoms with Crippen molar-refractivity contribution in [2.24, 2.45) is 0 Å². The molecule has 28 heavy (non-hydrogen) atoms. The number of amides is 2. The summed E-state index contributed by atoms with van der Waals surface area (Å²) in [4.78, 5) is 39.9. The van der Waals surface area contributed by atoms with Crippen molar-refractivity contribution in [1.29, 1.82) is 0 Å². The number of carboxylic acid groups (broad SMARTS) is 1. The smallest absolute Gasteiger partial charge is 0.335 e. The molecule has 2 N–H and O–H groups in total. The molecule has 8 heteroatoms. The number of aromatic carboxylic acids is 1. The number of ether oxygens (including phenoxy) is 1. The van der Waals surface area contributed by atoms with Gasteiger partial charge in [-0.05, 0) is 37.5 Å². The van der Waals surface area contributed by atoms with Crippen molar-refractivity contribution in [2.75, 3.05) is 42.6 Å². The Morgan fingerprint density at radius 1 is 1.32 bits per heavy atom. The highest BCUT2D eigenvalue weighted by Gasteiger charge is 2.32. The van der Waals surface area contributed by atoms with Crippen LogP contribution in [0.25, 0.3) is 0 Å². The number of nitrogens with one attached hydrogen (secondary N) is 1. The molecule has 3 rings (SSSR count). The number of rotatable bonds is 8. The molecule has 2 aliphatic heterocycles. The van der Waals surface area contributed by atoms with Crippen LogP contribution in [0.2, 0.25) is 0 Å². The van der Waals surface area contributed by atoms with Gasteiger partial charge in [-0.3, -0.25) is 14.5 Å². The van der Waals surface area contributed by atoms with Gasteiger partial charge < -0.3 is 20.1 Å². The van der Waals surface area contributed by atoms with Crippen molar-refractivity contribution in [3.05, 3.63) is 23.8 Å². The maximum absolute atomic E-state index is 12.8. The number of fused-ring (bicyclic) bond motifs is 1. The number of benzene rings is 1. The van der Waals surface area contributed by atoms with E-state index in [2.05, 4.69) is 5.32 Å². The SMILES string of the molecule is CCCCN1C(=O)CN(C(=O)CNCC2CCCO2)c2cc(C(=O)O)ccc21. The molecule has 2 heterocycles.